The Morgan fingerprint density at radius 2 is 2.26 bits per heavy atom. The minimum atomic E-state index is -4.49. The van der Waals surface area contributed by atoms with Crippen molar-refractivity contribution in [3.05, 3.63) is 29.3 Å². The molecule has 0 aliphatic carbocycles. The van der Waals surface area contributed by atoms with E-state index in [1.807, 2.05) is 0 Å². The highest BCUT2D eigenvalue weighted by Gasteiger charge is 2.33. The molecule has 0 aromatic heterocycles. The number of rotatable bonds is 5. The topological polar surface area (TPSA) is 50.4 Å². The Balaban J connectivity index is 1.97. The first-order chi connectivity index (χ1) is 10.9. The van der Waals surface area contributed by atoms with E-state index in [9.17, 15) is 18.0 Å². The first kappa shape index (κ1) is 17.9. The minimum Gasteiger partial charge on any atom is -0.497 e. The zero-order valence-electron chi connectivity index (χ0n) is 12.7. The molecule has 8 heteroatoms. The van der Waals surface area contributed by atoms with Gasteiger partial charge in [-0.25, -0.2) is 0 Å². The minimum absolute atomic E-state index is 0.0256. The summed E-state index contributed by atoms with van der Waals surface area (Å²) in [5, 5.41) is 5.79. The van der Waals surface area contributed by atoms with Gasteiger partial charge in [0.05, 0.1) is 12.7 Å². The van der Waals surface area contributed by atoms with Crippen molar-refractivity contribution in [2.45, 2.75) is 25.2 Å². The van der Waals surface area contributed by atoms with E-state index in [2.05, 4.69) is 10.6 Å². The molecule has 1 aromatic carbocycles. The van der Waals surface area contributed by atoms with Gasteiger partial charge in [0, 0.05) is 37.1 Å². The third-order valence-electron chi connectivity index (χ3n) is 3.53. The van der Waals surface area contributed by atoms with Crippen LogP contribution >= 0.6 is 11.8 Å². The number of halogens is 3. The fourth-order valence-electron chi connectivity index (χ4n) is 2.34. The number of alkyl halides is 3. The maximum Gasteiger partial charge on any atom is 0.416 e. The molecule has 1 heterocycles. The summed E-state index contributed by atoms with van der Waals surface area (Å²) in [6.45, 7) is 0.691. The van der Waals surface area contributed by atoms with Crippen LogP contribution in [0.5, 0.6) is 5.75 Å². The van der Waals surface area contributed by atoms with Crippen LogP contribution in [0.4, 0.5) is 13.2 Å². The van der Waals surface area contributed by atoms with Crippen molar-refractivity contribution in [1.29, 1.82) is 0 Å². The molecule has 0 radical (unpaired) electrons. The molecule has 1 fully saturated rings. The highest BCUT2D eigenvalue weighted by Crippen LogP contribution is 2.34. The molecule has 1 aromatic rings. The normalized spacial score (nSPS) is 18.5. The first-order valence-electron chi connectivity index (χ1n) is 7.22. The van der Waals surface area contributed by atoms with Gasteiger partial charge in [-0.3, -0.25) is 4.79 Å². The van der Waals surface area contributed by atoms with Crippen molar-refractivity contribution < 1.29 is 22.7 Å². The molecule has 2 N–H and O–H groups in total. The van der Waals surface area contributed by atoms with Gasteiger partial charge in [0.1, 0.15) is 5.75 Å². The summed E-state index contributed by atoms with van der Waals surface area (Å²) in [5.41, 5.74) is -0.763. The number of hydrogen-bond acceptors (Lipinski definition) is 4. The lowest BCUT2D eigenvalue weighted by molar-refractivity contribution is -0.138. The van der Waals surface area contributed by atoms with Crippen molar-refractivity contribution in [1.82, 2.24) is 10.6 Å². The summed E-state index contributed by atoms with van der Waals surface area (Å²) >= 11 is 1.76. The highest BCUT2D eigenvalue weighted by atomic mass is 32.2. The van der Waals surface area contributed by atoms with Crippen LogP contribution in [-0.4, -0.2) is 37.1 Å². The highest BCUT2D eigenvalue weighted by molar-refractivity contribution is 7.99. The summed E-state index contributed by atoms with van der Waals surface area (Å²) in [6, 6.07) is 3.81. The predicted octanol–water partition coefficient (Wildman–Crippen LogP) is 2.43. The maximum atomic E-state index is 13.1. The zero-order valence-corrected chi connectivity index (χ0v) is 13.5. The van der Waals surface area contributed by atoms with Crippen LogP contribution in [0.2, 0.25) is 0 Å². The number of hydrogen-bond donors (Lipinski definition) is 2. The van der Waals surface area contributed by atoms with E-state index in [0.717, 1.165) is 24.1 Å². The van der Waals surface area contributed by atoms with E-state index in [1.54, 1.807) is 11.8 Å². The first-order valence-corrected chi connectivity index (χ1v) is 8.37. The Hall–Kier alpha value is -1.41. The van der Waals surface area contributed by atoms with E-state index >= 15 is 0 Å². The molecule has 0 saturated carbocycles. The van der Waals surface area contributed by atoms with E-state index in [4.69, 9.17) is 4.74 Å². The number of thioether (sulfide) groups is 1. The van der Waals surface area contributed by atoms with Crippen LogP contribution in [0, 0.1) is 0 Å². The Bertz CT molecular complexity index is 546. The van der Waals surface area contributed by atoms with Crippen molar-refractivity contribution in [3.8, 4) is 5.75 Å². The van der Waals surface area contributed by atoms with Gasteiger partial charge in [0.25, 0.3) is 0 Å². The summed E-state index contributed by atoms with van der Waals surface area (Å²) in [5.74, 6) is 1.73. The number of benzene rings is 1. The SMILES string of the molecule is COc1ccc(CNC(=O)CC2CSCCN2)c(C(F)(F)F)c1. The fourth-order valence-corrected chi connectivity index (χ4v) is 3.29. The third-order valence-corrected chi connectivity index (χ3v) is 4.66. The molecule has 128 valence electrons. The molecule has 1 aliphatic rings. The molecule has 2 rings (SSSR count). The Morgan fingerprint density at radius 1 is 1.48 bits per heavy atom. The third kappa shape index (κ3) is 5.31. The van der Waals surface area contributed by atoms with Crippen molar-refractivity contribution >= 4 is 17.7 Å². The van der Waals surface area contributed by atoms with Gasteiger partial charge >= 0.3 is 6.18 Å². The predicted molar refractivity (Wildman–Crippen MR) is 83.6 cm³/mol. The van der Waals surface area contributed by atoms with Crippen molar-refractivity contribution in [3.63, 3.8) is 0 Å². The van der Waals surface area contributed by atoms with Gasteiger partial charge in [0.15, 0.2) is 0 Å². The molecule has 4 nitrogen and oxygen atoms in total. The molecule has 1 aliphatic heterocycles. The Morgan fingerprint density at radius 3 is 2.87 bits per heavy atom. The van der Waals surface area contributed by atoms with Gasteiger partial charge in [-0.1, -0.05) is 6.07 Å². The lowest BCUT2D eigenvalue weighted by atomic mass is 10.1. The largest absolute Gasteiger partial charge is 0.497 e. The zero-order chi connectivity index (χ0) is 16.9. The smallest absolute Gasteiger partial charge is 0.416 e. The molecule has 1 atom stereocenters. The molecular weight excluding hydrogens is 329 g/mol. The van der Waals surface area contributed by atoms with Gasteiger partial charge in [0.2, 0.25) is 5.91 Å². The Kier molecular flexibility index (Phi) is 6.17. The molecule has 1 saturated heterocycles. The lowest BCUT2D eigenvalue weighted by Crippen LogP contribution is -2.41. The average molecular weight is 348 g/mol. The van der Waals surface area contributed by atoms with Gasteiger partial charge in [-0.15, -0.1) is 0 Å². The van der Waals surface area contributed by atoms with Crippen LogP contribution in [0.15, 0.2) is 18.2 Å². The van der Waals surface area contributed by atoms with E-state index < -0.39 is 11.7 Å². The van der Waals surface area contributed by atoms with Gasteiger partial charge in [-0.05, 0) is 17.7 Å². The molecular formula is C15H19F3N2O2S. The number of nitrogens with one attached hydrogen (secondary N) is 2. The summed E-state index contributed by atoms with van der Waals surface area (Å²) in [4.78, 5) is 11.9. The van der Waals surface area contributed by atoms with Crippen LogP contribution in [-0.2, 0) is 17.5 Å². The monoisotopic (exact) mass is 348 g/mol. The second kappa shape index (κ2) is 7.92. The quantitative estimate of drug-likeness (QED) is 0.858. The number of ether oxygens (including phenoxy) is 1. The molecule has 1 amide bonds. The molecule has 0 bridgehead atoms. The van der Waals surface area contributed by atoms with Gasteiger partial charge in [-0.2, -0.15) is 24.9 Å². The lowest BCUT2D eigenvalue weighted by Gasteiger charge is -2.22. The summed E-state index contributed by atoms with van der Waals surface area (Å²) in [6.07, 6.45) is -4.22. The number of carbonyl (C=O) groups excluding carboxylic acids is 1. The second-order valence-corrected chi connectivity index (χ2v) is 6.38. The van der Waals surface area contributed by atoms with Gasteiger partial charge < -0.3 is 15.4 Å². The van der Waals surface area contributed by atoms with Crippen molar-refractivity contribution in [2.24, 2.45) is 0 Å². The number of methoxy groups -OCH3 is 1. The van der Waals surface area contributed by atoms with Crippen LogP contribution in [0.1, 0.15) is 17.5 Å². The second-order valence-electron chi connectivity index (χ2n) is 5.23. The number of amides is 1. The van der Waals surface area contributed by atoms with Crippen molar-refractivity contribution in [2.75, 3.05) is 25.2 Å². The summed E-state index contributed by atoms with van der Waals surface area (Å²) in [7, 11) is 1.31. The van der Waals surface area contributed by atoms with E-state index in [1.165, 1.54) is 19.2 Å². The van der Waals surface area contributed by atoms with E-state index in [-0.39, 0.29) is 36.2 Å². The summed E-state index contributed by atoms with van der Waals surface area (Å²) < 4.78 is 44.1. The number of carbonyl (C=O) groups is 1. The average Bonchev–Trinajstić information content (AvgIpc) is 2.53. The fraction of sp³-hybridized carbons (Fsp3) is 0.533. The van der Waals surface area contributed by atoms with E-state index in [0.29, 0.717) is 0 Å². The van der Waals surface area contributed by atoms with Crippen LogP contribution < -0.4 is 15.4 Å². The standard InChI is InChI=1S/C15H19F3N2O2S/c1-22-12-3-2-10(13(7-12)15(16,17)18)8-20-14(21)6-11-9-23-5-4-19-11/h2-3,7,11,19H,4-6,8-9H2,1H3,(H,20,21). The maximum absolute atomic E-state index is 13.1. The molecule has 0 spiro atoms. The molecule has 1 unspecified atom stereocenters. The molecule has 23 heavy (non-hydrogen) atoms. The van der Waals surface area contributed by atoms with Crippen LogP contribution in [0.25, 0.3) is 0 Å². The Labute approximate surface area is 137 Å². The van der Waals surface area contributed by atoms with Crippen LogP contribution in [0.3, 0.4) is 0 Å².